The summed E-state index contributed by atoms with van der Waals surface area (Å²) < 4.78 is 1.93. The van der Waals surface area contributed by atoms with E-state index < -0.39 is 0 Å². The quantitative estimate of drug-likeness (QED) is 0.672. The van der Waals surface area contributed by atoms with Crippen LogP contribution in [0.2, 0.25) is 0 Å². The lowest BCUT2D eigenvalue weighted by atomic mass is 10.1. The molecule has 0 aliphatic heterocycles. The first-order valence-electron chi connectivity index (χ1n) is 8.92. The first-order valence-corrected chi connectivity index (χ1v) is 8.92. The number of nitrogens with one attached hydrogen (secondary N) is 2. The predicted octanol–water partition coefficient (Wildman–Crippen LogP) is 3.62. The number of benzene rings is 1. The van der Waals surface area contributed by atoms with E-state index in [4.69, 9.17) is 0 Å². The molecule has 1 unspecified atom stereocenters. The number of amides is 2. The Morgan fingerprint density at radius 2 is 2.08 bits per heavy atom. The molecule has 2 aromatic rings. The van der Waals surface area contributed by atoms with Gasteiger partial charge in [-0.15, -0.1) is 0 Å². The summed E-state index contributed by atoms with van der Waals surface area (Å²) in [5, 5.41) is 19.6. The van der Waals surface area contributed by atoms with Crippen LogP contribution >= 0.6 is 0 Å². The zero-order chi connectivity index (χ0) is 17.8. The Morgan fingerprint density at radius 1 is 1.36 bits per heavy atom. The van der Waals surface area contributed by atoms with Crippen molar-refractivity contribution in [1.82, 2.24) is 15.1 Å². The van der Waals surface area contributed by atoms with Gasteiger partial charge < -0.3 is 10.4 Å². The normalized spacial score (nSPS) is 15.0. The molecule has 0 spiro atoms. The van der Waals surface area contributed by atoms with Gasteiger partial charge in [-0.05, 0) is 63.1 Å². The van der Waals surface area contributed by atoms with Crippen molar-refractivity contribution in [2.24, 2.45) is 5.92 Å². The number of rotatable bonds is 7. The lowest BCUT2D eigenvalue weighted by Crippen LogP contribution is -2.31. The summed E-state index contributed by atoms with van der Waals surface area (Å²) in [5.74, 6) is 1.70. The Kier molecular flexibility index (Phi) is 5.26. The summed E-state index contributed by atoms with van der Waals surface area (Å²) in [6, 6.07) is 9.19. The van der Waals surface area contributed by atoms with Gasteiger partial charge in [-0.3, -0.25) is 5.32 Å². The molecule has 6 nitrogen and oxygen atoms in total. The summed E-state index contributed by atoms with van der Waals surface area (Å²) in [6.45, 7) is 4.69. The maximum atomic E-state index is 12.1. The second kappa shape index (κ2) is 7.59. The highest BCUT2D eigenvalue weighted by molar-refractivity contribution is 5.88. The number of hydrogen-bond acceptors (Lipinski definition) is 3. The van der Waals surface area contributed by atoms with E-state index >= 15 is 0 Å². The number of phenolic OH excluding ortho intramolecular Hbond substituents is 1. The average Bonchev–Trinajstić information content (AvgIpc) is 3.36. The number of anilines is 1. The largest absolute Gasteiger partial charge is 0.508 e. The third-order valence-electron chi connectivity index (χ3n) is 4.65. The molecule has 2 amide bonds. The number of carbonyl (C=O) groups is 1. The Bertz CT molecular complexity index is 720. The van der Waals surface area contributed by atoms with E-state index in [9.17, 15) is 9.90 Å². The maximum absolute atomic E-state index is 12.1. The van der Waals surface area contributed by atoms with Crippen LogP contribution in [0.4, 0.5) is 10.6 Å². The Labute approximate surface area is 148 Å². The second-order valence-corrected chi connectivity index (χ2v) is 6.84. The minimum Gasteiger partial charge on any atom is -0.508 e. The van der Waals surface area contributed by atoms with Gasteiger partial charge in [0.1, 0.15) is 11.6 Å². The summed E-state index contributed by atoms with van der Waals surface area (Å²) in [5.41, 5.74) is 2.06. The molecule has 1 saturated carbocycles. The highest BCUT2D eigenvalue weighted by Crippen LogP contribution is 2.40. The van der Waals surface area contributed by atoms with E-state index in [-0.39, 0.29) is 11.8 Å². The number of aromatic hydroxyl groups is 1. The van der Waals surface area contributed by atoms with Crippen molar-refractivity contribution in [2.45, 2.75) is 45.6 Å². The van der Waals surface area contributed by atoms with Crippen LogP contribution in [0.15, 0.2) is 30.3 Å². The first-order chi connectivity index (χ1) is 12.0. The van der Waals surface area contributed by atoms with Crippen LogP contribution < -0.4 is 10.6 Å². The van der Waals surface area contributed by atoms with E-state index in [1.807, 2.05) is 29.8 Å². The van der Waals surface area contributed by atoms with Crippen molar-refractivity contribution < 1.29 is 9.90 Å². The van der Waals surface area contributed by atoms with Crippen LogP contribution in [0, 0.1) is 12.8 Å². The monoisotopic (exact) mass is 342 g/mol. The Balaban J connectivity index is 1.45. The molecule has 1 aromatic carbocycles. The topological polar surface area (TPSA) is 79.2 Å². The van der Waals surface area contributed by atoms with Gasteiger partial charge in [-0.25, -0.2) is 9.48 Å². The molecule has 0 saturated heterocycles. The van der Waals surface area contributed by atoms with Gasteiger partial charge in [-0.1, -0.05) is 12.1 Å². The second-order valence-electron chi connectivity index (χ2n) is 6.84. The summed E-state index contributed by atoms with van der Waals surface area (Å²) >= 11 is 0. The summed E-state index contributed by atoms with van der Waals surface area (Å²) in [4.78, 5) is 12.1. The molecule has 3 rings (SSSR count). The van der Waals surface area contributed by atoms with Crippen molar-refractivity contribution >= 4 is 11.8 Å². The lowest BCUT2D eigenvalue weighted by molar-refractivity contribution is 0.251. The standard InChI is InChI=1S/C19H26N4O2/c1-13-12-18(23(22-13)14(2)16-7-8-16)21-19(25)20-11-3-4-15-5-9-17(24)10-6-15/h5-6,9-10,12,14,16,24H,3-4,7-8,11H2,1-2H3,(H2,20,21,25). The molecule has 134 valence electrons. The molecule has 0 bridgehead atoms. The van der Waals surface area contributed by atoms with Crippen LogP contribution in [0.25, 0.3) is 0 Å². The van der Waals surface area contributed by atoms with Crippen molar-refractivity contribution in [3.63, 3.8) is 0 Å². The molecule has 25 heavy (non-hydrogen) atoms. The molecule has 1 fully saturated rings. The van der Waals surface area contributed by atoms with Gasteiger partial charge in [-0.2, -0.15) is 5.10 Å². The molecule has 6 heteroatoms. The number of nitrogens with zero attached hydrogens (tertiary/aromatic N) is 2. The highest BCUT2D eigenvalue weighted by Gasteiger charge is 2.31. The van der Waals surface area contributed by atoms with Crippen LogP contribution in [0.5, 0.6) is 5.75 Å². The number of hydrogen-bond donors (Lipinski definition) is 3. The van der Waals surface area contributed by atoms with Crippen LogP contribution in [0.1, 0.15) is 43.5 Å². The van der Waals surface area contributed by atoms with Gasteiger partial charge in [0.25, 0.3) is 0 Å². The molecule has 1 heterocycles. The van der Waals surface area contributed by atoms with Gasteiger partial charge in [0.05, 0.1) is 11.7 Å². The van der Waals surface area contributed by atoms with Crippen molar-refractivity contribution in [3.05, 3.63) is 41.6 Å². The van der Waals surface area contributed by atoms with Gasteiger partial charge in [0.15, 0.2) is 0 Å². The Hall–Kier alpha value is -2.50. The molecule has 0 radical (unpaired) electrons. The predicted molar refractivity (Wildman–Crippen MR) is 97.8 cm³/mol. The van der Waals surface area contributed by atoms with Crippen molar-refractivity contribution in [2.75, 3.05) is 11.9 Å². The van der Waals surface area contributed by atoms with Crippen molar-refractivity contribution in [3.8, 4) is 5.75 Å². The summed E-state index contributed by atoms with van der Waals surface area (Å²) in [6.07, 6.45) is 4.18. The van der Waals surface area contributed by atoms with Crippen molar-refractivity contribution in [1.29, 1.82) is 0 Å². The molecule has 3 N–H and O–H groups in total. The van der Waals surface area contributed by atoms with Gasteiger partial charge in [0.2, 0.25) is 0 Å². The molecular formula is C19H26N4O2. The van der Waals surface area contributed by atoms with E-state index in [1.54, 1.807) is 12.1 Å². The maximum Gasteiger partial charge on any atom is 0.320 e. The Morgan fingerprint density at radius 3 is 2.76 bits per heavy atom. The fourth-order valence-electron chi connectivity index (χ4n) is 3.02. The van der Waals surface area contributed by atoms with E-state index in [0.29, 0.717) is 18.5 Å². The van der Waals surface area contributed by atoms with Gasteiger partial charge in [0, 0.05) is 12.6 Å². The minimum absolute atomic E-state index is 0.199. The third kappa shape index (κ3) is 4.75. The SMILES string of the molecule is Cc1cc(NC(=O)NCCCc2ccc(O)cc2)n(C(C)C2CC2)n1. The molecular weight excluding hydrogens is 316 g/mol. The highest BCUT2D eigenvalue weighted by atomic mass is 16.3. The van der Waals surface area contributed by atoms with E-state index in [2.05, 4.69) is 22.7 Å². The van der Waals surface area contributed by atoms with E-state index in [1.165, 1.54) is 12.8 Å². The fraction of sp³-hybridized carbons (Fsp3) is 0.474. The smallest absolute Gasteiger partial charge is 0.320 e. The summed E-state index contributed by atoms with van der Waals surface area (Å²) in [7, 11) is 0. The van der Waals surface area contributed by atoms with Crippen LogP contribution in [0.3, 0.4) is 0 Å². The zero-order valence-corrected chi connectivity index (χ0v) is 14.8. The van der Waals surface area contributed by atoms with Crippen LogP contribution in [-0.2, 0) is 6.42 Å². The first kappa shape index (κ1) is 17.3. The number of aromatic nitrogens is 2. The zero-order valence-electron chi connectivity index (χ0n) is 14.8. The fourth-order valence-corrected chi connectivity index (χ4v) is 3.02. The molecule has 1 aliphatic rings. The molecule has 1 aromatic heterocycles. The average molecular weight is 342 g/mol. The molecule has 1 aliphatic carbocycles. The lowest BCUT2D eigenvalue weighted by Gasteiger charge is -2.15. The number of phenols is 1. The van der Waals surface area contributed by atoms with E-state index in [0.717, 1.165) is 29.9 Å². The molecule has 1 atom stereocenters. The van der Waals surface area contributed by atoms with Gasteiger partial charge >= 0.3 is 6.03 Å². The minimum atomic E-state index is -0.199. The number of urea groups is 1. The number of carbonyl (C=O) groups excluding carboxylic acids is 1. The number of aryl methyl sites for hydroxylation is 2. The van der Waals surface area contributed by atoms with Crippen LogP contribution in [-0.4, -0.2) is 27.5 Å². The third-order valence-corrected chi connectivity index (χ3v) is 4.65.